The summed E-state index contributed by atoms with van der Waals surface area (Å²) in [5, 5.41) is 2.24. The third kappa shape index (κ3) is 3.96. The summed E-state index contributed by atoms with van der Waals surface area (Å²) in [4.78, 5) is 35.2. The van der Waals surface area contributed by atoms with E-state index in [0.29, 0.717) is 5.69 Å². The lowest BCUT2D eigenvalue weighted by molar-refractivity contribution is -0.161. The Morgan fingerprint density at radius 3 is 2.68 bits per heavy atom. The second-order valence-electron chi connectivity index (χ2n) is 6.44. The Morgan fingerprint density at radius 1 is 1.36 bits per heavy atom. The normalized spacial score (nSPS) is 22.8. The Balaban J connectivity index is 1.67. The standard InChI is InChI=1S/C17H17ClF3N5O2/c1-25-13(8-26(16(25)28)11-6-22-9-23-7-11)15(27)24-5-10-3-2-4-12(14(10)18)17(19,20)21/h2-3,6-7,9,12-13H,4-5,8H2,1H3,(H,24,27). The van der Waals surface area contributed by atoms with Gasteiger partial charge in [-0.2, -0.15) is 13.2 Å². The number of hydrogen-bond acceptors (Lipinski definition) is 4. The second kappa shape index (κ2) is 7.78. The summed E-state index contributed by atoms with van der Waals surface area (Å²) in [6.07, 6.45) is 2.40. The summed E-state index contributed by atoms with van der Waals surface area (Å²) in [6, 6.07) is -1.21. The van der Waals surface area contributed by atoms with E-state index in [1.54, 1.807) is 0 Å². The number of aromatic nitrogens is 2. The number of likely N-dealkylation sites (N-methyl/N-ethyl adjacent to an activating group) is 1. The van der Waals surface area contributed by atoms with Gasteiger partial charge in [-0.3, -0.25) is 9.69 Å². The largest absolute Gasteiger partial charge is 0.396 e. The predicted octanol–water partition coefficient (Wildman–Crippen LogP) is 2.46. The van der Waals surface area contributed by atoms with Crippen LogP contribution in [0, 0.1) is 5.92 Å². The van der Waals surface area contributed by atoms with Gasteiger partial charge in [0.1, 0.15) is 12.4 Å². The van der Waals surface area contributed by atoms with Gasteiger partial charge in [0, 0.05) is 18.6 Å². The molecule has 0 spiro atoms. The molecule has 1 aliphatic carbocycles. The SMILES string of the molecule is CN1C(=O)N(c2cncnc2)CC1C(=O)NCC1=C(Cl)C(C(F)(F)F)CC=C1. The van der Waals surface area contributed by atoms with Crippen LogP contribution in [0.1, 0.15) is 6.42 Å². The summed E-state index contributed by atoms with van der Waals surface area (Å²) in [5.74, 6) is -2.26. The number of alkyl halides is 3. The molecule has 11 heteroatoms. The number of halogens is 4. The lowest BCUT2D eigenvalue weighted by Gasteiger charge is -2.24. The van der Waals surface area contributed by atoms with Gasteiger partial charge >= 0.3 is 12.2 Å². The molecule has 1 fully saturated rings. The van der Waals surface area contributed by atoms with Gasteiger partial charge in [-0.05, 0) is 12.0 Å². The number of nitrogens with zero attached hydrogens (tertiary/aromatic N) is 4. The van der Waals surface area contributed by atoms with Crippen LogP contribution in [0.25, 0.3) is 0 Å². The van der Waals surface area contributed by atoms with Crippen molar-refractivity contribution in [3.8, 4) is 0 Å². The average molecular weight is 416 g/mol. The number of allylic oxidation sites excluding steroid dienone is 2. The molecule has 2 aliphatic rings. The number of hydrogen-bond donors (Lipinski definition) is 1. The van der Waals surface area contributed by atoms with Crippen molar-refractivity contribution in [2.75, 3.05) is 25.0 Å². The molecule has 0 radical (unpaired) electrons. The number of carbonyl (C=O) groups is 2. The molecular weight excluding hydrogens is 399 g/mol. The molecular formula is C17H17ClF3N5O2. The smallest absolute Gasteiger partial charge is 0.350 e. The molecule has 2 heterocycles. The molecule has 150 valence electrons. The first-order valence-electron chi connectivity index (χ1n) is 8.39. The Bertz CT molecular complexity index is 828. The first-order chi connectivity index (χ1) is 13.2. The Morgan fingerprint density at radius 2 is 2.04 bits per heavy atom. The highest BCUT2D eigenvalue weighted by atomic mass is 35.5. The van der Waals surface area contributed by atoms with E-state index in [2.05, 4.69) is 15.3 Å². The van der Waals surface area contributed by atoms with Gasteiger partial charge in [0.15, 0.2) is 0 Å². The first-order valence-corrected chi connectivity index (χ1v) is 8.76. The number of urea groups is 1. The molecule has 1 N–H and O–H groups in total. The van der Waals surface area contributed by atoms with Crippen LogP contribution < -0.4 is 10.2 Å². The topological polar surface area (TPSA) is 78.4 Å². The van der Waals surface area contributed by atoms with Gasteiger partial charge in [-0.1, -0.05) is 23.8 Å². The maximum absolute atomic E-state index is 13.0. The summed E-state index contributed by atoms with van der Waals surface area (Å²) in [6.45, 7) is -0.0872. The molecule has 1 saturated heterocycles. The van der Waals surface area contributed by atoms with Crippen molar-refractivity contribution in [2.24, 2.45) is 5.92 Å². The zero-order chi connectivity index (χ0) is 20.5. The average Bonchev–Trinajstić information content (AvgIpc) is 2.96. The number of carbonyl (C=O) groups excluding carboxylic acids is 2. The third-order valence-electron chi connectivity index (χ3n) is 4.67. The molecule has 0 saturated carbocycles. The molecule has 28 heavy (non-hydrogen) atoms. The van der Waals surface area contributed by atoms with Crippen LogP contribution in [0.5, 0.6) is 0 Å². The fourth-order valence-electron chi connectivity index (χ4n) is 3.08. The lowest BCUT2D eigenvalue weighted by atomic mass is 9.95. The fraction of sp³-hybridized carbons (Fsp3) is 0.412. The third-order valence-corrected chi connectivity index (χ3v) is 5.17. The van der Waals surface area contributed by atoms with E-state index in [-0.39, 0.29) is 30.1 Å². The van der Waals surface area contributed by atoms with Crippen LogP contribution in [-0.2, 0) is 4.79 Å². The minimum absolute atomic E-state index is 0.0718. The maximum Gasteiger partial charge on any atom is 0.396 e. The maximum atomic E-state index is 13.0. The minimum Gasteiger partial charge on any atom is -0.350 e. The van der Waals surface area contributed by atoms with Crippen molar-refractivity contribution in [3.05, 3.63) is 41.5 Å². The van der Waals surface area contributed by atoms with Crippen molar-refractivity contribution in [1.29, 1.82) is 0 Å². The molecule has 0 bridgehead atoms. The Kier molecular flexibility index (Phi) is 5.59. The van der Waals surface area contributed by atoms with Gasteiger partial charge in [0.25, 0.3) is 0 Å². The highest BCUT2D eigenvalue weighted by Crippen LogP contribution is 2.40. The first kappa shape index (κ1) is 20.1. The van der Waals surface area contributed by atoms with Crippen molar-refractivity contribution >= 4 is 29.2 Å². The summed E-state index contributed by atoms with van der Waals surface area (Å²) in [7, 11) is 1.48. The van der Waals surface area contributed by atoms with E-state index in [1.165, 1.54) is 47.7 Å². The molecule has 3 amide bonds. The van der Waals surface area contributed by atoms with Crippen LogP contribution in [0.15, 0.2) is 41.5 Å². The van der Waals surface area contributed by atoms with Crippen LogP contribution >= 0.6 is 11.6 Å². The second-order valence-corrected chi connectivity index (χ2v) is 6.85. The van der Waals surface area contributed by atoms with E-state index in [1.807, 2.05) is 0 Å². The molecule has 3 rings (SSSR count). The van der Waals surface area contributed by atoms with E-state index in [9.17, 15) is 22.8 Å². The molecule has 2 atom stereocenters. The number of rotatable bonds is 4. The number of amides is 3. The van der Waals surface area contributed by atoms with Crippen LogP contribution in [0.3, 0.4) is 0 Å². The Labute approximate surface area is 163 Å². The number of anilines is 1. The molecule has 2 unspecified atom stereocenters. The Hall–Kier alpha value is -2.62. The molecule has 1 aliphatic heterocycles. The zero-order valence-corrected chi connectivity index (χ0v) is 15.5. The molecule has 1 aromatic heterocycles. The van der Waals surface area contributed by atoms with Gasteiger partial charge in [0.2, 0.25) is 5.91 Å². The molecule has 1 aromatic rings. The number of nitrogens with one attached hydrogen (secondary N) is 1. The van der Waals surface area contributed by atoms with Crippen LogP contribution in [0.2, 0.25) is 0 Å². The molecule has 0 aromatic carbocycles. The van der Waals surface area contributed by atoms with Gasteiger partial charge in [0.05, 0.1) is 30.5 Å². The van der Waals surface area contributed by atoms with Gasteiger partial charge < -0.3 is 10.2 Å². The highest BCUT2D eigenvalue weighted by Gasteiger charge is 2.43. The van der Waals surface area contributed by atoms with E-state index in [0.717, 1.165) is 0 Å². The molecule has 7 nitrogen and oxygen atoms in total. The van der Waals surface area contributed by atoms with E-state index < -0.39 is 30.1 Å². The summed E-state index contributed by atoms with van der Waals surface area (Å²) < 4.78 is 39.0. The monoisotopic (exact) mass is 415 g/mol. The zero-order valence-electron chi connectivity index (χ0n) is 14.8. The lowest BCUT2D eigenvalue weighted by Crippen LogP contribution is -2.44. The van der Waals surface area contributed by atoms with Crippen LogP contribution in [0.4, 0.5) is 23.7 Å². The predicted molar refractivity (Wildman–Crippen MR) is 95.5 cm³/mol. The van der Waals surface area contributed by atoms with Gasteiger partial charge in [-0.25, -0.2) is 14.8 Å². The minimum atomic E-state index is -4.45. The van der Waals surface area contributed by atoms with Crippen molar-refractivity contribution in [2.45, 2.75) is 18.6 Å². The fourth-order valence-corrected chi connectivity index (χ4v) is 3.42. The van der Waals surface area contributed by atoms with E-state index in [4.69, 9.17) is 11.6 Å². The van der Waals surface area contributed by atoms with Crippen molar-refractivity contribution < 1.29 is 22.8 Å². The van der Waals surface area contributed by atoms with Crippen molar-refractivity contribution in [3.63, 3.8) is 0 Å². The summed E-state index contributed by atoms with van der Waals surface area (Å²) in [5.41, 5.74) is 0.646. The van der Waals surface area contributed by atoms with Crippen LogP contribution in [-0.4, -0.2) is 59.2 Å². The van der Waals surface area contributed by atoms with Crippen molar-refractivity contribution in [1.82, 2.24) is 20.2 Å². The van der Waals surface area contributed by atoms with E-state index >= 15 is 0 Å². The van der Waals surface area contributed by atoms with Gasteiger partial charge in [-0.15, -0.1) is 0 Å². The highest BCUT2D eigenvalue weighted by molar-refractivity contribution is 6.30. The quantitative estimate of drug-likeness (QED) is 0.819. The summed E-state index contributed by atoms with van der Waals surface area (Å²) >= 11 is 5.90.